The lowest BCUT2D eigenvalue weighted by Gasteiger charge is -2.24. The fourth-order valence-electron chi connectivity index (χ4n) is 2.84. The van der Waals surface area contributed by atoms with Crippen molar-refractivity contribution in [3.8, 4) is 5.75 Å². The van der Waals surface area contributed by atoms with Gasteiger partial charge >= 0.3 is 0 Å². The second-order valence-electron chi connectivity index (χ2n) is 5.78. The van der Waals surface area contributed by atoms with E-state index in [4.69, 9.17) is 0 Å². The van der Waals surface area contributed by atoms with E-state index >= 15 is 0 Å². The molecule has 118 valence electrons. The van der Waals surface area contributed by atoms with Crippen LogP contribution in [0.4, 0.5) is 0 Å². The predicted molar refractivity (Wildman–Crippen MR) is 87.7 cm³/mol. The van der Waals surface area contributed by atoms with Crippen LogP contribution in [0.25, 0.3) is 0 Å². The molecule has 0 heterocycles. The van der Waals surface area contributed by atoms with Crippen molar-refractivity contribution >= 4 is 0 Å². The predicted octanol–water partition coefficient (Wildman–Crippen LogP) is 2.78. The maximum atomic E-state index is 9.68. The number of aliphatic hydroxyl groups is 2. The first-order valence-electron chi connectivity index (χ1n) is 7.76. The van der Waals surface area contributed by atoms with Crippen LogP contribution in [0.1, 0.15) is 17.5 Å². The average molecular weight is 300 g/mol. The molecule has 22 heavy (non-hydrogen) atoms. The molecule has 0 radical (unpaired) electrons. The van der Waals surface area contributed by atoms with Crippen molar-refractivity contribution in [1.29, 1.82) is 0 Å². The highest BCUT2D eigenvalue weighted by molar-refractivity contribution is 5.27. The van der Waals surface area contributed by atoms with E-state index in [9.17, 15) is 15.3 Å². The van der Waals surface area contributed by atoms with Gasteiger partial charge in [-0.3, -0.25) is 0 Å². The second-order valence-corrected chi connectivity index (χ2v) is 5.78. The van der Waals surface area contributed by atoms with Crippen molar-refractivity contribution in [2.45, 2.75) is 19.3 Å². The fourth-order valence-corrected chi connectivity index (χ4v) is 2.84. The Morgan fingerprint density at radius 2 is 1.45 bits per heavy atom. The van der Waals surface area contributed by atoms with E-state index in [0.717, 1.165) is 24.8 Å². The van der Waals surface area contributed by atoms with E-state index in [0.29, 0.717) is 0 Å². The summed E-state index contributed by atoms with van der Waals surface area (Å²) in [5.74, 6) is 0.360. The summed E-state index contributed by atoms with van der Waals surface area (Å²) in [5, 5.41) is 28.9. The molecule has 0 aliphatic carbocycles. The molecule has 0 amide bonds. The lowest BCUT2D eigenvalue weighted by atomic mass is 9.84. The Morgan fingerprint density at radius 1 is 0.773 bits per heavy atom. The summed E-state index contributed by atoms with van der Waals surface area (Å²) in [4.78, 5) is 0. The molecule has 2 rings (SSSR count). The van der Waals surface area contributed by atoms with E-state index in [1.807, 2.05) is 42.5 Å². The van der Waals surface area contributed by atoms with Crippen LogP contribution in [0.2, 0.25) is 0 Å². The highest BCUT2D eigenvalue weighted by atomic mass is 16.3. The molecular formula is C19H24O3. The van der Waals surface area contributed by atoms with Crippen molar-refractivity contribution in [1.82, 2.24) is 0 Å². The number of aryl methyl sites for hydroxylation is 1. The minimum atomic E-state index is 0.0460. The second kappa shape index (κ2) is 8.57. The Kier molecular flexibility index (Phi) is 6.44. The number of benzene rings is 2. The summed E-state index contributed by atoms with van der Waals surface area (Å²) in [6.07, 6.45) is 2.34. The van der Waals surface area contributed by atoms with Gasteiger partial charge in [-0.1, -0.05) is 42.5 Å². The first-order valence-corrected chi connectivity index (χ1v) is 7.76. The summed E-state index contributed by atoms with van der Waals surface area (Å²) in [6.45, 7) is 0.136. The minimum Gasteiger partial charge on any atom is -0.508 e. The average Bonchev–Trinajstić information content (AvgIpc) is 2.55. The number of hydrogen-bond donors (Lipinski definition) is 3. The molecule has 0 aliphatic rings. The first kappa shape index (κ1) is 16.5. The van der Waals surface area contributed by atoms with Crippen LogP contribution in [0.3, 0.4) is 0 Å². The van der Waals surface area contributed by atoms with Crippen molar-refractivity contribution < 1.29 is 15.3 Å². The van der Waals surface area contributed by atoms with Crippen LogP contribution in [0.5, 0.6) is 5.75 Å². The van der Waals surface area contributed by atoms with Crippen molar-refractivity contribution in [3.63, 3.8) is 0 Å². The van der Waals surface area contributed by atoms with E-state index in [1.54, 1.807) is 12.1 Å². The smallest absolute Gasteiger partial charge is 0.115 e. The number of phenolic OH excluding ortho intramolecular Hbond substituents is 1. The molecule has 3 heteroatoms. The van der Waals surface area contributed by atoms with Gasteiger partial charge in [0.05, 0.1) is 0 Å². The van der Waals surface area contributed by atoms with Crippen LogP contribution in [0.15, 0.2) is 54.6 Å². The monoisotopic (exact) mass is 300 g/mol. The largest absolute Gasteiger partial charge is 0.508 e. The minimum absolute atomic E-state index is 0.0460. The van der Waals surface area contributed by atoms with Gasteiger partial charge in [0.25, 0.3) is 0 Å². The Labute approximate surface area is 131 Å². The van der Waals surface area contributed by atoms with Gasteiger partial charge in [-0.2, -0.15) is 0 Å². The molecule has 1 unspecified atom stereocenters. The highest BCUT2D eigenvalue weighted by Crippen LogP contribution is 2.23. The maximum Gasteiger partial charge on any atom is 0.115 e. The molecule has 0 spiro atoms. The van der Waals surface area contributed by atoms with Gasteiger partial charge in [-0.25, -0.2) is 0 Å². The van der Waals surface area contributed by atoms with Crippen LogP contribution < -0.4 is 0 Å². The SMILES string of the molecule is OCC(Cc1ccccc1)[C@H](CO)CCc1cccc(O)c1. The molecule has 0 saturated carbocycles. The molecule has 2 atom stereocenters. The van der Waals surface area contributed by atoms with Gasteiger partial charge in [0, 0.05) is 13.2 Å². The lowest BCUT2D eigenvalue weighted by molar-refractivity contribution is 0.114. The summed E-state index contributed by atoms with van der Waals surface area (Å²) in [7, 11) is 0. The van der Waals surface area contributed by atoms with E-state index in [2.05, 4.69) is 0 Å². The Hall–Kier alpha value is -1.84. The summed E-state index contributed by atoms with van der Waals surface area (Å²) < 4.78 is 0. The number of rotatable bonds is 8. The lowest BCUT2D eigenvalue weighted by Crippen LogP contribution is -2.24. The third kappa shape index (κ3) is 4.86. The van der Waals surface area contributed by atoms with Crippen molar-refractivity contribution in [2.24, 2.45) is 11.8 Å². The zero-order valence-electron chi connectivity index (χ0n) is 12.7. The van der Waals surface area contributed by atoms with Crippen molar-refractivity contribution in [2.75, 3.05) is 13.2 Å². The van der Waals surface area contributed by atoms with Gasteiger partial charge in [0.15, 0.2) is 0 Å². The zero-order valence-corrected chi connectivity index (χ0v) is 12.7. The van der Waals surface area contributed by atoms with Gasteiger partial charge in [-0.15, -0.1) is 0 Å². The van der Waals surface area contributed by atoms with Crippen LogP contribution in [-0.4, -0.2) is 28.5 Å². The molecule has 0 aromatic heterocycles. The van der Waals surface area contributed by atoms with E-state index in [-0.39, 0.29) is 30.8 Å². The molecule has 0 bridgehead atoms. The third-order valence-electron chi connectivity index (χ3n) is 4.19. The van der Waals surface area contributed by atoms with Crippen LogP contribution in [0, 0.1) is 11.8 Å². The molecule has 3 N–H and O–H groups in total. The third-order valence-corrected chi connectivity index (χ3v) is 4.19. The van der Waals surface area contributed by atoms with Gasteiger partial charge < -0.3 is 15.3 Å². The topological polar surface area (TPSA) is 60.7 Å². The summed E-state index contributed by atoms with van der Waals surface area (Å²) >= 11 is 0. The van der Waals surface area contributed by atoms with Gasteiger partial charge in [-0.05, 0) is 54.4 Å². The van der Waals surface area contributed by atoms with Gasteiger partial charge in [0.2, 0.25) is 0 Å². The molecule has 0 fully saturated rings. The number of phenols is 1. The summed E-state index contributed by atoms with van der Waals surface area (Å²) in [6, 6.07) is 17.3. The number of aliphatic hydroxyl groups excluding tert-OH is 2. The zero-order chi connectivity index (χ0) is 15.8. The molecule has 2 aromatic rings. The van der Waals surface area contributed by atoms with Crippen molar-refractivity contribution in [3.05, 3.63) is 65.7 Å². The van der Waals surface area contributed by atoms with Crippen LogP contribution in [-0.2, 0) is 12.8 Å². The summed E-state index contributed by atoms with van der Waals surface area (Å²) in [5.41, 5.74) is 2.23. The van der Waals surface area contributed by atoms with E-state index < -0.39 is 0 Å². The molecule has 0 aliphatic heterocycles. The fraction of sp³-hybridized carbons (Fsp3) is 0.368. The normalized spacial score (nSPS) is 13.7. The molecule has 2 aromatic carbocycles. The number of aromatic hydroxyl groups is 1. The maximum absolute atomic E-state index is 9.68. The molecule has 0 saturated heterocycles. The van der Waals surface area contributed by atoms with E-state index in [1.165, 1.54) is 5.56 Å². The highest BCUT2D eigenvalue weighted by Gasteiger charge is 2.20. The quantitative estimate of drug-likeness (QED) is 0.702. The van der Waals surface area contributed by atoms with Gasteiger partial charge in [0.1, 0.15) is 5.75 Å². The molecule has 3 nitrogen and oxygen atoms in total. The molecular weight excluding hydrogens is 276 g/mol. The Bertz CT molecular complexity index is 554. The first-order chi connectivity index (χ1) is 10.7. The Morgan fingerprint density at radius 3 is 2.09 bits per heavy atom. The Balaban J connectivity index is 1.96. The number of hydrogen-bond acceptors (Lipinski definition) is 3. The van der Waals surface area contributed by atoms with Crippen LogP contribution >= 0.6 is 0 Å². The standard InChI is InChI=1S/C19H24O3/c20-13-17(10-9-16-7-4-8-19(22)12-16)18(14-21)11-15-5-2-1-3-6-15/h1-8,12,17-18,20-22H,9-11,13-14H2/t17-,18?/m0/s1.